The van der Waals surface area contributed by atoms with Crippen molar-refractivity contribution in [2.24, 2.45) is 0 Å². The van der Waals surface area contributed by atoms with Crippen molar-refractivity contribution in [3.63, 3.8) is 0 Å². The maximum absolute atomic E-state index is 13.2. The lowest BCUT2D eigenvalue weighted by molar-refractivity contribution is 0.0322. The number of benzene rings is 3. The standard InChI is InChI=1S/C38H41Cl2N7O5/c1-24(2)31-23-34(47(45-31)27-7-5-25(3)6-8-27)44-38(48)42-30-9-10-32(37(40)36(30)39)52-35-11-12-41-33(43-35)21-26-19-28(49-4)22-29(20-26)51-18-15-46-13-16-50-17-14-46/h5-12,19-20,22-24H,13-18,21H2,1-4H3,(H2,42,44,48). The molecule has 0 bridgehead atoms. The minimum atomic E-state index is -0.515. The molecule has 0 radical (unpaired) electrons. The van der Waals surface area contributed by atoms with Gasteiger partial charge in [-0.05, 0) is 54.8 Å². The summed E-state index contributed by atoms with van der Waals surface area (Å²) in [6, 6.07) is 19.8. The summed E-state index contributed by atoms with van der Waals surface area (Å²) < 4.78 is 24.7. The van der Waals surface area contributed by atoms with E-state index in [1.165, 1.54) is 0 Å². The molecule has 2 aromatic heterocycles. The van der Waals surface area contributed by atoms with Crippen LogP contribution < -0.4 is 24.8 Å². The Labute approximate surface area is 313 Å². The molecule has 0 saturated carbocycles. The van der Waals surface area contributed by atoms with Crippen LogP contribution in [0.3, 0.4) is 0 Å². The van der Waals surface area contributed by atoms with Gasteiger partial charge in [-0.1, -0.05) is 54.7 Å². The summed E-state index contributed by atoms with van der Waals surface area (Å²) >= 11 is 13.3. The van der Waals surface area contributed by atoms with Crippen molar-refractivity contribution in [1.29, 1.82) is 0 Å². The highest BCUT2D eigenvalue weighted by Crippen LogP contribution is 2.39. The normalized spacial score (nSPS) is 13.2. The second-order valence-corrected chi connectivity index (χ2v) is 13.3. The molecule has 0 aliphatic carbocycles. The largest absolute Gasteiger partial charge is 0.497 e. The van der Waals surface area contributed by atoms with Crippen LogP contribution in [0.25, 0.3) is 5.69 Å². The number of amides is 2. The molecule has 6 rings (SSSR count). The summed E-state index contributed by atoms with van der Waals surface area (Å²) in [7, 11) is 1.62. The van der Waals surface area contributed by atoms with Crippen molar-refractivity contribution in [1.82, 2.24) is 24.6 Å². The first-order chi connectivity index (χ1) is 25.1. The number of hydrogen-bond acceptors (Lipinski definition) is 9. The van der Waals surface area contributed by atoms with E-state index in [1.54, 1.807) is 36.2 Å². The molecule has 3 aromatic carbocycles. The Bertz CT molecular complexity index is 2000. The molecule has 0 unspecified atom stereocenters. The predicted octanol–water partition coefficient (Wildman–Crippen LogP) is 8.15. The third-order valence-electron chi connectivity index (χ3n) is 8.35. The van der Waals surface area contributed by atoms with Gasteiger partial charge in [-0.15, -0.1) is 0 Å². The van der Waals surface area contributed by atoms with Crippen molar-refractivity contribution in [2.45, 2.75) is 33.1 Å². The summed E-state index contributed by atoms with van der Waals surface area (Å²) in [4.78, 5) is 24.5. The molecule has 0 atom stereocenters. The molecule has 1 fully saturated rings. The van der Waals surface area contributed by atoms with E-state index in [1.807, 2.05) is 69.3 Å². The first-order valence-electron chi connectivity index (χ1n) is 17.0. The smallest absolute Gasteiger partial charge is 0.324 e. The fraction of sp³-hybridized carbons (Fsp3) is 0.316. The van der Waals surface area contributed by atoms with Gasteiger partial charge in [-0.2, -0.15) is 10.1 Å². The van der Waals surface area contributed by atoms with Crippen LogP contribution >= 0.6 is 23.2 Å². The monoisotopic (exact) mass is 745 g/mol. The third kappa shape index (κ3) is 9.51. The Balaban J connectivity index is 1.10. The van der Waals surface area contributed by atoms with E-state index in [0.717, 1.165) is 55.4 Å². The molecule has 1 saturated heterocycles. The maximum Gasteiger partial charge on any atom is 0.324 e. The topological polar surface area (TPSA) is 125 Å². The lowest BCUT2D eigenvalue weighted by Crippen LogP contribution is -2.38. The lowest BCUT2D eigenvalue weighted by atomic mass is 10.1. The lowest BCUT2D eigenvalue weighted by Gasteiger charge is -2.26. The molecule has 5 aromatic rings. The van der Waals surface area contributed by atoms with Crippen molar-refractivity contribution in [2.75, 3.05) is 57.2 Å². The average molecular weight is 747 g/mol. The Morgan fingerprint density at radius 2 is 1.73 bits per heavy atom. The van der Waals surface area contributed by atoms with Gasteiger partial charge in [0.05, 0.1) is 42.4 Å². The number of halogens is 2. The fourth-order valence-electron chi connectivity index (χ4n) is 5.50. The molecule has 52 heavy (non-hydrogen) atoms. The Morgan fingerprint density at radius 1 is 0.962 bits per heavy atom. The van der Waals surface area contributed by atoms with Gasteiger partial charge >= 0.3 is 6.03 Å². The molecule has 1 aliphatic heterocycles. The quantitative estimate of drug-likeness (QED) is 0.123. The molecule has 272 valence electrons. The van der Waals surface area contributed by atoms with Gasteiger partial charge in [0, 0.05) is 50.5 Å². The zero-order chi connectivity index (χ0) is 36.6. The first kappa shape index (κ1) is 36.9. The van der Waals surface area contributed by atoms with Crippen LogP contribution in [0.15, 0.2) is 72.9 Å². The van der Waals surface area contributed by atoms with Gasteiger partial charge in [0.1, 0.15) is 40.5 Å². The third-order valence-corrected chi connectivity index (χ3v) is 9.21. The second kappa shape index (κ2) is 17.1. The Hall–Kier alpha value is -4.88. The van der Waals surface area contributed by atoms with Gasteiger partial charge in [-0.25, -0.2) is 14.5 Å². The number of hydrogen-bond donors (Lipinski definition) is 2. The number of aromatic nitrogens is 4. The molecule has 2 N–H and O–H groups in total. The predicted molar refractivity (Wildman–Crippen MR) is 202 cm³/mol. The highest BCUT2D eigenvalue weighted by Gasteiger charge is 2.18. The molecular weight excluding hydrogens is 705 g/mol. The number of urea groups is 1. The SMILES string of the molecule is COc1cc(Cc2nccc(Oc3ccc(NC(=O)Nc4cc(C(C)C)nn4-c4ccc(C)cc4)c(Cl)c3Cl)n2)cc(OCCN2CCOCC2)c1. The number of ether oxygens (including phenoxy) is 4. The van der Waals surface area contributed by atoms with Crippen LogP contribution in [0.4, 0.5) is 16.3 Å². The van der Waals surface area contributed by atoms with E-state index in [-0.39, 0.29) is 27.6 Å². The van der Waals surface area contributed by atoms with Crippen molar-refractivity contribution < 1.29 is 23.7 Å². The summed E-state index contributed by atoms with van der Waals surface area (Å²) in [5.41, 5.74) is 3.99. The van der Waals surface area contributed by atoms with E-state index >= 15 is 0 Å². The van der Waals surface area contributed by atoms with Crippen molar-refractivity contribution in [3.05, 3.63) is 106 Å². The summed E-state index contributed by atoms with van der Waals surface area (Å²) in [6.07, 6.45) is 2.02. The summed E-state index contributed by atoms with van der Waals surface area (Å²) in [5, 5.41) is 10.6. The van der Waals surface area contributed by atoms with Crippen LogP contribution in [0.1, 0.15) is 42.4 Å². The van der Waals surface area contributed by atoms with Gasteiger partial charge in [-0.3, -0.25) is 10.2 Å². The fourth-order valence-corrected chi connectivity index (χ4v) is 5.91. The number of carbonyl (C=O) groups is 1. The van der Waals surface area contributed by atoms with Crippen LogP contribution in [0.5, 0.6) is 23.1 Å². The number of nitrogens with zero attached hydrogens (tertiary/aromatic N) is 5. The Kier molecular flexibility index (Phi) is 12.1. The van der Waals surface area contributed by atoms with E-state index < -0.39 is 6.03 Å². The van der Waals surface area contributed by atoms with Crippen LogP contribution in [-0.4, -0.2) is 77.2 Å². The van der Waals surface area contributed by atoms with E-state index in [2.05, 4.69) is 25.5 Å². The van der Waals surface area contributed by atoms with Crippen LogP contribution in [0.2, 0.25) is 10.0 Å². The maximum atomic E-state index is 13.2. The molecule has 12 nitrogen and oxygen atoms in total. The van der Waals surface area contributed by atoms with Gasteiger partial charge in [0.25, 0.3) is 0 Å². The zero-order valence-corrected chi connectivity index (χ0v) is 31.0. The number of methoxy groups -OCH3 is 1. The highest BCUT2D eigenvalue weighted by molar-refractivity contribution is 6.45. The highest BCUT2D eigenvalue weighted by atomic mass is 35.5. The first-order valence-corrected chi connectivity index (χ1v) is 17.7. The zero-order valence-electron chi connectivity index (χ0n) is 29.5. The number of nitrogens with one attached hydrogen (secondary N) is 2. The molecule has 14 heteroatoms. The second-order valence-electron chi connectivity index (χ2n) is 12.6. The van der Waals surface area contributed by atoms with Crippen LogP contribution in [-0.2, 0) is 11.2 Å². The average Bonchev–Trinajstić information content (AvgIpc) is 3.56. The number of carbonyl (C=O) groups excluding carboxylic acids is 1. The summed E-state index contributed by atoms with van der Waals surface area (Å²) in [5.74, 6) is 3.10. The number of anilines is 2. The van der Waals surface area contributed by atoms with E-state index in [0.29, 0.717) is 41.9 Å². The van der Waals surface area contributed by atoms with Gasteiger partial charge in [0.15, 0.2) is 0 Å². The Morgan fingerprint density at radius 3 is 2.48 bits per heavy atom. The molecule has 3 heterocycles. The van der Waals surface area contributed by atoms with Gasteiger partial charge < -0.3 is 24.3 Å². The molecule has 2 amide bonds. The van der Waals surface area contributed by atoms with E-state index in [9.17, 15) is 4.79 Å². The molecular formula is C38H41Cl2N7O5. The minimum absolute atomic E-state index is 0.107. The van der Waals surface area contributed by atoms with Crippen molar-refractivity contribution >= 4 is 40.7 Å². The van der Waals surface area contributed by atoms with E-state index in [4.69, 9.17) is 47.2 Å². The number of aryl methyl sites for hydroxylation is 1. The number of rotatable bonds is 13. The molecule has 0 spiro atoms. The molecule has 1 aliphatic rings. The minimum Gasteiger partial charge on any atom is -0.497 e. The van der Waals surface area contributed by atoms with Crippen molar-refractivity contribution in [3.8, 4) is 28.8 Å². The summed E-state index contributed by atoms with van der Waals surface area (Å²) in [6.45, 7) is 10.8. The van der Waals surface area contributed by atoms with Gasteiger partial charge in [0.2, 0.25) is 5.88 Å². The number of morpholine rings is 1. The van der Waals surface area contributed by atoms with Crippen LogP contribution in [0, 0.1) is 6.92 Å².